The van der Waals surface area contributed by atoms with Crippen LogP contribution in [0.25, 0.3) is 0 Å². The molecule has 0 saturated carbocycles. The van der Waals surface area contributed by atoms with Gasteiger partial charge in [0, 0.05) is 18.3 Å². The van der Waals surface area contributed by atoms with Gasteiger partial charge in [-0.25, -0.2) is 4.79 Å². The van der Waals surface area contributed by atoms with E-state index in [1.54, 1.807) is 39.3 Å². The molecular formula is C18H22N2O4. The molecule has 2 aromatic rings. The summed E-state index contributed by atoms with van der Waals surface area (Å²) in [6.07, 6.45) is 0. The number of carbonyl (C=O) groups excluding carboxylic acids is 1. The van der Waals surface area contributed by atoms with Gasteiger partial charge in [0.15, 0.2) is 11.5 Å². The third-order valence-corrected chi connectivity index (χ3v) is 3.56. The highest BCUT2D eigenvalue weighted by Gasteiger charge is 2.18. The van der Waals surface area contributed by atoms with E-state index in [-0.39, 0.29) is 6.03 Å². The number of nitrogens with one attached hydrogen (secondary N) is 1. The Morgan fingerprint density at radius 1 is 0.958 bits per heavy atom. The molecule has 2 amide bonds. The van der Waals surface area contributed by atoms with Gasteiger partial charge in [0.25, 0.3) is 0 Å². The summed E-state index contributed by atoms with van der Waals surface area (Å²) in [5.74, 6) is 1.64. The molecule has 6 nitrogen and oxygen atoms in total. The van der Waals surface area contributed by atoms with E-state index in [9.17, 15) is 4.79 Å². The molecule has 0 saturated heterocycles. The molecule has 0 aliphatic rings. The summed E-state index contributed by atoms with van der Waals surface area (Å²) < 4.78 is 16.1. The minimum atomic E-state index is -0.210. The number of amides is 2. The van der Waals surface area contributed by atoms with Crippen molar-refractivity contribution in [2.24, 2.45) is 0 Å². The Morgan fingerprint density at radius 3 is 2.21 bits per heavy atom. The Kier molecular flexibility index (Phi) is 5.89. The zero-order valence-corrected chi connectivity index (χ0v) is 14.3. The second kappa shape index (κ2) is 8.10. The van der Waals surface area contributed by atoms with Crippen LogP contribution in [0.4, 0.5) is 10.5 Å². The minimum absolute atomic E-state index is 0.210. The molecule has 128 valence electrons. The van der Waals surface area contributed by atoms with Crippen LogP contribution in [-0.2, 0) is 6.54 Å². The van der Waals surface area contributed by atoms with Gasteiger partial charge in [0.05, 0.1) is 27.9 Å². The molecule has 0 aliphatic carbocycles. The van der Waals surface area contributed by atoms with Crippen LogP contribution in [0, 0.1) is 0 Å². The molecule has 2 aromatic carbocycles. The number of anilines is 1. The van der Waals surface area contributed by atoms with Gasteiger partial charge in [-0.2, -0.15) is 0 Å². The highest BCUT2D eigenvalue weighted by molar-refractivity contribution is 5.89. The maximum atomic E-state index is 12.3. The fourth-order valence-electron chi connectivity index (χ4n) is 2.36. The first-order valence-corrected chi connectivity index (χ1v) is 7.45. The number of carbonyl (C=O) groups is 1. The summed E-state index contributed by atoms with van der Waals surface area (Å²) in [6, 6.07) is 12.7. The van der Waals surface area contributed by atoms with Crippen molar-refractivity contribution in [1.82, 2.24) is 4.90 Å². The van der Waals surface area contributed by atoms with Crippen molar-refractivity contribution in [3.8, 4) is 17.2 Å². The largest absolute Gasteiger partial charge is 0.493 e. The fraction of sp³-hybridized carbons (Fsp3) is 0.278. The molecular weight excluding hydrogens is 308 g/mol. The summed E-state index contributed by atoms with van der Waals surface area (Å²) in [7, 11) is 6.39. The predicted octanol–water partition coefficient (Wildman–Crippen LogP) is 3.38. The maximum absolute atomic E-state index is 12.3. The first-order valence-electron chi connectivity index (χ1n) is 7.45. The number of hydrogen-bond acceptors (Lipinski definition) is 4. The van der Waals surface area contributed by atoms with E-state index in [0.717, 1.165) is 11.3 Å². The lowest BCUT2D eigenvalue weighted by Gasteiger charge is -2.21. The number of urea groups is 1. The first-order chi connectivity index (χ1) is 11.6. The monoisotopic (exact) mass is 330 g/mol. The van der Waals surface area contributed by atoms with Gasteiger partial charge in [-0.3, -0.25) is 0 Å². The molecule has 0 bridgehead atoms. The van der Waals surface area contributed by atoms with Crippen LogP contribution in [-0.4, -0.2) is 39.3 Å². The molecule has 0 unspecified atom stereocenters. The Bertz CT molecular complexity index is 689. The summed E-state index contributed by atoms with van der Waals surface area (Å²) in [5.41, 5.74) is 1.56. The number of para-hydroxylation sites is 1. The van der Waals surface area contributed by atoms with Crippen LogP contribution in [0.1, 0.15) is 5.56 Å². The van der Waals surface area contributed by atoms with Crippen molar-refractivity contribution in [3.05, 3.63) is 48.0 Å². The molecule has 0 radical (unpaired) electrons. The van der Waals surface area contributed by atoms with Crippen LogP contribution in [0.3, 0.4) is 0 Å². The van der Waals surface area contributed by atoms with Gasteiger partial charge >= 0.3 is 6.03 Å². The Labute approximate surface area is 141 Å². The molecule has 24 heavy (non-hydrogen) atoms. The molecule has 0 aromatic heterocycles. The quantitative estimate of drug-likeness (QED) is 0.882. The Hall–Kier alpha value is -2.89. The van der Waals surface area contributed by atoms with Crippen molar-refractivity contribution in [1.29, 1.82) is 0 Å². The lowest BCUT2D eigenvalue weighted by Crippen LogP contribution is -2.31. The third kappa shape index (κ3) is 3.90. The number of rotatable bonds is 6. The molecule has 0 aliphatic heterocycles. The first kappa shape index (κ1) is 17.5. The lowest BCUT2D eigenvalue weighted by molar-refractivity contribution is 0.220. The summed E-state index contributed by atoms with van der Waals surface area (Å²) in [6.45, 7) is 0.363. The second-order valence-electron chi connectivity index (χ2n) is 5.15. The van der Waals surface area contributed by atoms with Gasteiger partial charge in [-0.15, -0.1) is 0 Å². The maximum Gasteiger partial charge on any atom is 0.321 e. The average Bonchev–Trinajstić information content (AvgIpc) is 2.61. The van der Waals surface area contributed by atoms with E-state index in [4.69, 9.17) is 14.2 Å². The fourth-order valence-corrected chi connectivity index (χ4v) is 2.36. The van der Waals surface area contributed by atoms with E-state index in [1.807, 2.05) is 36.4 Å². The normalized spacial score (nSPS) is 10.0. The van der Waals surface area contributed by atoms with E-state index in [0.29, 0.717) is 23.8 Å². The molecule has 0 heterocycles. The lowest BCUT2D eigenvalue weighted by atomic mass is 10.1. The molecule has 0 atom stereocenters. The van der Waals surface area contributed by atoms with Gasteiger partial charge in [0.1, 0.15) is 0 Å². The van der Waals surface area contributed by atoms with Crippen molar-refractivity contribution in [2.45, 2.75) is 6.54 Å². The van der Waals surface area contributed by atoms with Gasteiger partial charge in [-0.05, 0) is 24.3 Å². The molecule has 0 fully saturated rings. The smallest absolute Gasteiger partial charge is 0.321 e. The van der Waals surface area contributed by atoms with Crippen molar-refractivity contribution >= 4 is 11.7 Å². The van der Waals surface area contributed by atoms with E-state index >= 15 is 0 Å². The molecule has 1 N–H and O–H groups in total. The molecule has 2 rings (SSSR count). The van der Waals surface area contributed by atoms with Crippen molar-refractivity contribution in [3.63, 3.8) is 0 Å². The number of hydrogen-bond donors (Lipinski definition) is 1. The number of nitrogens with zero attached hydrogens (tertiary/aromatic N) is 1. The summed E-state index contributed by atoms with van der Waals surface area (Å²) in [5, 5.41) is 2.84. The highest BCUT2D eigenvalue weighted by Crippen LogP contribution is 2.40. The summed E-state index contributed by atoms with van der Waals surface area (Å²) in [4.78, 5) is 13.9. The van der Waals surface area contributed by atoms with E-state index in [1.165, 1.54) is 0 Å². The van der Waals surface area contributed by atoms with Gasteiger partial charge in [-0.1, -0.05) is 18.2 Å². The minimum Gasteiger partial charge on any atom is -0.493 e. The van der Waals surface area contributed by atoms with Gasteiger partial charge in [0.2, 0.25) is 5.75 Å². The van der Waals surface area contributed by atoms with Crippen LogP contribution in [0.5, 0.6) is 17.2 Å². The zero-order valence-electron chi connectivity index (χ0n) is 14.3. The summed E-state index contributed by atoms with van der Waals surface area (Å²) >= 11 is 0. The van der Waals surface area contributed by atoms with Gasteiger partial charge < -0.3 is 24.4 Å². The van der Waals surface area contributed by atoms with E-state index in [2.05, 4.69) is 5.32 Å². The Morgan fingerprint density at radius 2 is 1.62 bits per heavy atom. The second-order valence-corrected chi connectivity index (χ2v) is 5.15. The van der Waals surface area contributed by atoms with Crippen LogP contribution in [0.15, 0.2) is 42.5 Å². The number of ether oxygens (including phenoxy) is 3. The Balaban J connectivity index is 2.16. The van der Waals surface area contributed by atoms with Crippen molar-refractivity contribution in [2.75, 3.05) is 33.7 Å². The highest BCUT2D eigenvalue weighted by atomic mass is 16.5. The van der Waals surface area contributed by atoms with E-state index < -0.39 is 0 Å². The van der Waals surface area contributed by atoms with Crippen LogP contribution < -0.4 is 19.5 Å². The molecule has 0 spiro atoms. The molecule has 6 heteroatoms. The average molecular weight is 330 g/mol. The number of methoxy groups -OCH3 is 3. The predicted molar refractivity (Wildman–Crippen MR) is 93.0 cm³/mol. The number of benzene rings is 2. The standard InChI is InChI=1S/C18H22N2O4/c1-20(18(21)19-14-8-6-5-7-9-14)12-13-10-11-15(22-2)17(24-4)16(13)23-3/h5-11H,12H2,1-4H3,(H,19,21). The van der Waals surface area contributed by atoms with Crippen LogP contribution in [0.2, 0.25) is 0 Å². The zero-order chi connectivity index (χ0) is 17.5. The topological polar surface area (TPSA) is 60.0 Å². The van der Waals surface area contributed by atoms with Crippen LogP contribution >= 0.6 is 0 Å². The third-order valence-electron chi connectivity index (χ3n) is 3.56. The van der Waals surface area contributed by atoms with Crippen molar-refractivity contribution < 1.29 is 19.0 Å². The SMILES string of the molecule is COc1ccc(CN(C)C(=O)Nc2ccccc2)c(OC)c1OC.